The van der Waals surface area contributed by atoms with Crippen LogP contribution in [0.2, 0.25) is 0 Å². The highest BCUT2D eigenvalue weighted by atomic mass is 15.3. The van der Waals surface area contributed by atoms with Crippen LogP contribution in [0.4, 0.5) is 5.82 Å². The number of likely N-dealkylation sites (N-methyl/N-ethyl adjacent to an activating group) is 1. The molecule has 2 aromatic heterocycles. The molecule has 0 radical (unpaired) electrons. The lowest BCUT2D eigenvalue weighted by molar-refractivity contribution is 0.275. The standard InChI is InChI=1S/C19H26N6/c1-23-10-12-25(13-11-23)19-17-5-8-24(9-6-18(17)21-15-22-19)14-16-4-2-3-7-20-16/h2-4,7,15H,5-6,8-14H2,1H3. The lowest BCUT2D eigenvalue weighted by atomic mass is 10.1. The maximum absolute atomic E-state index is 4.66. The first-order valence-corrected chi connectivity index (χ1v) is 9.18. The number of hydrogen-bond acceptors (Lipinski definition) is 6. The van der Waals surface area contributed by atoms with Crippen LogP contribution >= 0.6 is 0 Å². The van der Waals surface area contributed by atoms with Crippen molar-refractivity contribution >= 4 is 5.82 Å². The molecule has 0 bridgehead atoms. The van der Waals surface area contributed by atoms with Crippen LogP contribution in [0.25, 0.3) is 0 Å². The molecule has 6 heteroatoms. The maximum atomic E-state index is 4.66. The van der Waals surface area contributed by atoms with Crippen molar-refractivity contribution in [1.82, 2.24) is 24.8 Å². The second-order valence-corrected chi connectivity index (χ2v) is 7.01. The molecule has 2 aliphatic heterocycles. The van der Waals surface area contributed by atoms with Crippen LogP contribution in [0, 0.1) is 0 Å². The van der Waals surface area contributed by atoms with Gasteiger partial charge in [-0.15, -0.1) is 0 Å². The predicted molar refractivity (Wildman–Crippen MR) is 98.7 cm³/mol. The minimum atomic E-state index is 0.909. The molecule has 2 aliphatic rings. The molecular weight excluding hydrogens is 312 g/mol. The van der Waals surface area contributed by atoms with E-state index in [2.05, 4.69) is 48.8 Å². The van der Waals surface area contributed by atoms with Crippen molar-refractivity contribution in [3.63, 3.8) is 0 Å². The third-order valence-corrected chi connectivity index (χ3v) is 5.27. The molecule has 0 saturated carbocycles. The van der Waals surface area contributed by atoms with Crippen molar-refractivity contribution in [2.24, 2.45) is 0 Å². The Kier molecular flexibility index (Phi) is 4.90. The summed E-state index contributed by atoms with van der Waals surface area (Å²) in [6.45, 7) is 7.29. The van der Waals surface area contributed by atoms with Crippen molar-refractivity contribution in [3.8, 4) is 0 Å². The van der Waals surface area contributed by atoms with Gasteiger partial charge in [0.15, 0.2) is 0 Å². The Balaban J connectivity index is 1.49. The first-order valence-electron chi connectivity index (χ1n) is 9.18. The lowest BCUT2D eigenvalue weighted by Gasteiger charge is -2.34. The molecule has 0 aliphatic carbocycles. The number of hydrogen-bond donors (Lipinski definition) is 0. The van der Waals surface area contributed by atoms with Gasteiger partial charge in [-0.2, -0.15) is 0 Å². The Morgan fingerprint density at radius 2 is 1.76 bits per heavy atom. The topological polar surface area (TPSA) is 48.4 Å². The summed E-state index contributed by atoms with van der Waals surface area (Å²) in [5.41, 5.74) is 3.72. The van der Waals surface area contributed by atoms with E-state index in [1.165, 1.54) is 11.3 Å². The Hall–Kier alpha value is -2.05. The van der Waals surface area contributed by atoms with E-state index in [0.29, 0.717) is 0 Å². The van der Waals surface area contributed by atoms with E-state index in [1.807, 2.05) is 12.3 Å². The number of nitrogens with zero attached hydrogens (tertiary/aromatic N) is 6. The Morgan fingerprint density at radius 1 is 0.920 bits per heavy atom. The molecular formula is C19H26N6. The van der Waals surface area contributed by atoms with E-state index < -0.39 is 0 Å². The molecule has 2 aromatic rings. The van der Waals surface area contributed by atoms with Gasteiger partial charge < -0.3 is 9.80 Å². The summed E-state index contributed by atoms with van der Waals surface area (Å²) >= 11 is 0. The van der Waals surface area contributed by atoms with E-state index in [4.69, 9.17) is 0 Å². The molecule has 4 rings (SSSR count). The minimum Gasteiger partial charge on any atom is -0.354 e. The second kappa shape index (κ2) is 7.45. The van der Waals surface area contributed by atoms with Gasteiger partial charge in [-0.05, 0) is 25.6 Å². The average molecular weight is 338 g/mol. The second-order valence-electron chi connectivity index (χ2n) is 7.01. The van der Waals surface area contributed by atoms with E-state index in [-0.39, 0.29) is 0 Å². The number of piperazine rings is 1. The summed E-state index contributed by atoms with van der Waals surface area (Å²) in [7, 11) is 2.19. The zero-order valence-corrected chi connectivity index (χ0v) is 14.9. The number of rotatable bonds is 3. The van der Waals surface area contributed by atoms with Gasteiger partial charge in [-0.3, -0.25) is 9.88 Å². The van der Waals surface area contributed by atoms with Crippen molar-refractivity contribution < 1.29 is 0 Å². The summed E-state index contributed by atoms with van der Waals surface area (Å²) < 4.78 is 0. The molecule has 0 spiro atoms. The van der Waals surface area contributed by atoms with Crippen molar-refractivity contribution in [3.05, 3.63) is 47.7 Å². The van der Waals surface area contributed by atoms with Crippen molar-refractivity contribution in [1.29, 1.82) is 0 Å². The van der Waals surface area contributed by atoms with Crippen LogP contribution in [-0.2, 0) is 19.4 Å². The maximum Gasteiger partial charge on any atom is 0.135 e. The molecule has 6 nitrogen and oxygen atoms in total. The monoisotopic (exact) mass is 338 g/mol. The van der Waals surface area contributed by atoms with Gasteiger partial charge in [-0.1, -0.05) is 6.07 Å². The molecule has 0 N–H and O–H groups in total. The number of aromatic nitrogens is 3. The third kappa shape index (κ3) is 3.80. The van der Waals surface area contributed by atoms with Crippen molar-refractivity contribution in [2.75, 3.05) is 51.2 Å². The normalized spacial score (nSPS) is 19.5. The minimum absolute atomic E-state index is 0.909. The zero-order valence-electron chi connectivity index (χ0n) is 14.9. The summed E-state index contributed by atoms with van der Waals surface area (Å²) in [5, 5.41) is 0. The third-order valence-electron chi connectivity index (χ3n) is 5.27. The van der Waals surface area contributed by atoms with E-state index in [0.717, 1.165) is 70.2 Å². The average Bonchev–Trinajstić information content (AvgIpc) is 2.86. The van der Waals surface area contributed by atoms with Crippen LogP contribution in [0.3, 0.4) is 0 Å². The first-order chi connectivity index (χ1) is 12.3. The van der Waals surface area contributed by atoms with Gasteiger partial charge in [0.25, 0.3) is 0 Å². The molecule has 0 aromatic carbocycles. The van der Waals surface area contributed by atoms with E-state index in [1.54, 1.807) is 6.33 Å². The van der Waals surface area contributed by atoms with Crippen LogP contribution in [0.1, 0.15) is 17.0 Å². The number of anilines is 1. The van der Waals surface area contributed by atoms with Gasteiger partial charge in [0, 0.05) is 64.0 Å². The van der Waals surface area contributed by atoms with Crippen LogP contribution in [0.5, 0.6) is 0 Å². The predicted octanol–water partition coefficient (Wildman–Crippen LogP) is 1.22. The van der Waals surface area contributed by atoms with Crippen LogP contribution < -0.4 is 4.90 Å². The van der Waals surface area contributed by atoms with Gasteiger partial charge in [0.2, 0.25) is 0 Å². The fraction of sp³-hybridized carbons (Fsp3) is 0.526. The molecule has 1 saturated heterocycles. The molecule has 1 fully saturated rings. The van der Waals surface area contributed by atoms with Crippen molar-refractivity contribution in [2.45, 2.75) is 19.4 Å². The quantitative estimate of drug-likeness (QED) is 0.839. The number of pyridine rings is 1. The zero-order chi connectivity index (χ0) is 17.1. The first kappa shape index (κ1) is 16.4. The molecule has 25 heavy (non-hydrogen) atoms. The summed E-state index contributed by atoms with van der Waals surface area (Å²) in [5.74, 6) is 1.16. The summed E-state index contributed by atoms with van der Waals surface area (Å²) in [4.78, 5) is 21.0. The molecule has 4 heterocycles. The molecule has 0 unspecified atom stereocenters. The summed E-state index contributed by atoms with van der Waals surface area (Å²) in [6.07, 6.45) is 5.63. The molecule has 0 atom stereocenters. The molecule has 132 valence electrons. The fourth-order valence-corrected chi connectivity index (χ4v) is 3.73. The van der Waals surface area contributed by atoms with Gasteiger partial charge in [-0.25, -0.2) is 9.97 Å². The highest BCUT2D eigenvalue weighted by Crippen LogP contribution is 2.25. The van der Waals surface area contributed by atoms with Gasteiger partial charge in [0.05, 0.1) is 11.4 Å². The highest BCUT2D eigenvalue weighted by Gasteiger charge is 2.23. The van der Waals surface area contributed by atoms with Gasteiger partial charge >= 0.3 is 0 Å². The Bertz CT molecular complexity index is 696. The summed E-state index contributed by atoms with van der Waals surface area (Å²) in [6, 6.07) is 6.14. The Morgan fingerprint density at radius 3 is 2.56 bits per heavy atom. The number of fused-ring (bicyclic) bond motifs is 1. The fourth-order valence-electron chi connectivity index (χ4n) is 3.73. The lowest BCUT2D eigenvalue weighted by Crippen LogP contribution is -2.45. The largest absolute Gasteiger partial charge is 0.354 e. The van der Waals surface area contributed by atoms with E-state index >= 15 is 0 Å². The smallest absolute Gasteiger partial charge is 0.135 e. The van der Waals surface area contributed by atoms with Gasteiger partial charge in [0.1, 0.15) is 12.1 Å². The Labute approximate surface area is 149 Å². The van der Waals surface area contributed by atoms with E-state index in [9.17, 15) is 0 Å². The highest BCUT2D eigenvalue weighted by molar-refractivity contribution is 5.49. The SMILES string of the molecule is CN1CCN(c2ncnc3c2CCN(Cc2ccccn2)CC3)CC1. The van der Waals surface area contributed by atoms with Crippen LogP contribution in [-0.4, -0.2) is 71.1 Å². The molecule has 0 amide bonds. The van der Waals surface area contributed by atoms with Crippen LogP contribution in [0.15, 0.2) is 30.7 Å².